The molecule has 0 saturated carbocycles. The second-order valence-corrected chi connectivity index (χ2v) is 3.00. The van der Waals surface area contributed by atoms with Gasteiger partial charge >= 0.3 is 0 Å². The van der Waals surface area contributed by atoms with Crippen molar-refractivity contribution in [2.75, 3.05) is 0 Å². The Balaban J connectivity index is 3.29. The Bertz CT molecular complexity index is 132. The van der Waals surface area contributed by atoms with Crippen LogP contribution in [0.3, 0.4) is 0 Å². The van der Waals surface area contributed by atoms with E-state index in [0.29, 0.717) is 6.42 Å². The van der Waals surface area contributed by atoms with Gasteiger partial charge in [0.25, 0.3) is 0 Å². The summed E-state index contributed by atoms with van der Waals surface area (Å²) < 4.78 is 0. The summed E-state index contributed by atoms with van der Waals surface area (Å²) in [7, 11) is 0. The molecule has 0 rings (SSSR count). The highest BCUT2D eigenvalue weighted by Gasteiger charge is 1.97. The topological polar surface area (TPSA) is 43.1 Å². The van der Waals surface area contributed by atoms with Gasteiger partial charge in [0.1, 0.15) is 6.29 Å². The van der Waals surface area contributed by atoms with E-state index in [9.17, 15) is 4.79 Å². The van der Waals surface area contributed by atoms with Crippen molar-refractivity contribution in [1.82, 2.24) is 0 Å². The molecule has 0 radical (unpaired) electrons. The Morgan fingerprint density at radius 2 is 2.08 bits per heavy atom. The van der Waals surface area contributed by atoms with E-state index in [2.05, 4.69) is 19.1 Å². The van der Waals surface area contributed by atoms with E-state index in [1.807, 2.05) is 0 Å². The van der Waals surface area contributed by atoms with Crippen molar-refractivity contribution >= 4 is 6.29 Å². The predicted molar refractivity (Wildman–Crippen MR) is 51.9 cm³/mol. The molecule has 2 nitrogen and oxygen atoms in total. The summed E-state index contributed by atoms with van der Waals surface area (Å²) in [6.45, 7) is 2.15. The largest absolute Gasteiger partial charge is 0.327 e. The summed E-state index contributed by atoms with van der Waals surface area (Å²) in [5, 5.41) is 0. The summed E-state index contributed by atoms with van der Waals surface area (Å²) >= 11 is 0. The molecule has 1 atom stereocenters. The number of rotatable bonds is 7. The zero-order chi connectivity index (χ0) is 9.23. The van der Waals surface area contributed by atoms with Gasteiger partial charge < -0.3 is 10.5 Å². The van der Waals surface area contributed by atoms with Crippen LogP contribution in [-0.2, 0) is 4.79 Å². The first kappa shape index (κ1) is 11.4. The fourth-order valence-electron chi connectivity index (χ4n) is 0.956. The summed E-state index contributed by atoms with van der Waals surface area (Å²) in [4.78, 5) is 10.0. The minimum atomic E-state index is 0.156. The van der Waals surface area contributed by atoms with Crippen LogP contribution in [0.15, 0.2) is 12.2 Å². The molecule has 0 aliphatic carbocycles. The molecule has 0 fully saturated rings. The lowest BCUT2D eigenvalue weighted by Gasteiger charge is -2.04. The Kier molecular flexibility index (Phi) is 8.02. The third-order valence-corrected chi connectivity index (χ3v) is 1.72. The molecular weight excluding hydrogens is 150 g/mol. The van der Waals surface area contributed by atoms with Gasteiger partial charge in [-0.15, -0.1) is 0 Å². The highest BCUT2D eigenvalue weighted by molar-refractivity contribution is 5.49. The Morgan fingerprint density at radius 3 is 2.67 bits per heavy atom. The molecular formula is C10H19NO. The standard InChI is InChI=1S/C10H19NO/c1-2-3-4-5-7-10(11)8-6-9-12/h4-5,9-10H,2-3,6-8,11H2,1H3/b5-4-/t10-/m1/s1. The van der Waals surface area contributed by atoms with Gasteiger partial charge in [0.15, 0.2) is 0 Å². The number of hydrogen-bond acceptors (Lipinski definition) is 2. The molecule has 0 aliphatic rings. The smallest absolute Gasteiger partial charge is 0.120 e. The Labute approximate surface area is 74.8 Å². The predicted octanol–water partition coefficient (Wildman–Crippen LogP) is 2.04. The second kappa shape index (κ2) is 8.47. The van der Waals surface area contributed by atoms with Crippen LogP contribution in [0.25, 0.3) is 0 Å². The third kappa shape index (κ3) is 7.48. The number of hydrogen-bond donors (Lipinski definition) is 1. The van der Waals surface area contributed by atoms with Crippen LogP contribution >= 0.6 is 0 Å². The van der Waals surface area contributed by atoms with Crippen LogP contribution in [0.5, 0.6) is 0 Å². The number of carbonyl (C=O) groups excluding carboxylic acids is 1. The first-order chi connectivity index (χ1) is 5.81. The molecule has 0 aromatic rings. The zero-order valence-corrected chi connectivity index (χ0v) is 7.83. The molecule has 2 heteroatoms. The van der Waals surface area contributed by atoms with Gasteiger partial charge in [-0.2, -0.15) is 0 Å². The Morgan fingerprint density at radius 1 is 1.33 bits per heavy atom. The minimum absolute atomic E-state index is 0.156. The summed E-state index contributed by atoms with van der Waals surface area (Å²) in [5.74, 6) is 0. The van der Waals surface area contributed by atoms with Gasteiger partial charge in [-0.3, -0.25) is 0 Å². The average Bonchev–Trinajstić information content (AvgIpc) is 2.09. The first-order valence-corrected chi connectivity index (χ1v) is 4.65. The average molecular weight is 169 g/mol. The number of carbonyl (C=O) groups is 1. The maximum absolute atomic E-state index is 10.0. The molecule has 0 heterocycles. The number of allylic oxidation sites excluding steroid dienone is 1. The van der Waals surface area contributed by atoms with E-state index < -0.39 is 0 Å². The molecule has 0 bridgehead atoms. The highest BCUT2D eigenvalue weighted by Crippen LogP contribution is 1.99. The molecule has 2 N–H and O–H groups in total. The van der Waals surface area contributed by atoms with Crippen molar-refractivity contribution in [2.24, 2.45) is 5.73 Å². The van der Waals surface area contributed by atoms with Gasteiger partial charge in [-0.05, 0) is 19.3 Å². The van der Waals surface area contributed by atoms with Crippen LogP contribution in [0.2, 0.25) is 0 Å². The lowest BCUT2D eigenvalue weighted by Crippen LogP contribution is -2.18. The van der Waals surface area contributed by atoms with Gasteiger partial charge in [-0.25, -0.2) is 0 Å². The van der Waals surface area contributed by atoms with Crippen molar-refractivity contribution in [3.63, 3.8) is 0 Å². The first-order valence-electron chi connectivity index (χ1n) is 4.65. The molecule has 0 saturated heterocycles. The van der Waals surface area contributed by atoms with Crippen LogP contribution < -0.4 is 5.73 Å². The lowest BCUT2D eigenvalue weighted by atomic mass is 10.1. The molecule has 0 spiro atoms. The molecule has 0 aromatic carbocycles. The van der Waals surface area contributed by atoms with Crippen LogP contribution in [-0.4, -0.2) is 12.3 Å². The van der Waals surface area contributed by atoms with E-state index >= 15 is 0 Å². The summed E-state index contributed by atoms with van der Waals surface area (Å²) in [5.41, 5.74) is 5.73. The van der Waals surface area contributed by atoms with Crippen LogP contribution in [0, 0.1) is 0 Å². The number of nitrogens with two attached hydrogens (primary N) is 1. The lowest BCUT2D eigenvalue weighted by molar-refractivity contribution is -0.108. The summed E-state index contributed by atoms with van der Waals surface area (Å²) in [6, 6.07) is 0.156. The third-order valence-electron chi connectivity index (χ3n) is 1.72. The van der Waals surface area contributed by atoms with Crippen molar-refractivity contribution in [2.45, 2.75) is 45.1 Å². The number of unbranched alkanes of at least 4 members (excludes halogenated alkanes) is 1. The van der Waals surface area contributed by atoms with E-state index in [-0.39, 0.29) is 6.04 Å². The van der Waals surface area contributed by atoms with Crippen molar-refractivity contribution in [1.29, 1.82) is 0 Å². The second-order valence-electron chi connectivity index (χ2n) is 3.00. The molecule has 0 unspecified atom stereocenters. The van der Waals surface area contributed by atoms with E-state index in [4.69, 9.17) is 5.73 Å². The van der Waals surface area contributed by atoms with Crippen molar-refractivity contribution in [3.05, 3.63) is 12.2 Å². The monoisotopic (exact) mass is 169 g/mol. The van der Waals surface area contributed by atoms with E-state index in [0.717, 1.165) is 25.5 Å². The molecule has 0 amide bonds. The van der Waals surface area contributed by atoms with Crippen LogP contribution in [0.1, 0.15) is 39.0 Å². The van der Waals surface area contributed by atoms with Gasteiger partial charge in [0.2, 0.25) is 0 Å². The molecule has 12 heavy (non-hydrogen) atoms. The Hall–Kier alpha value is -0.630. The molecule has 0 aliphatic heterocycles. The maximum Gasteiger partial charge on any atom is 0.120 e. The zero-order valence-electron chi connectivity index (χ0n) is 7.83. The van der Waals surface area contributed by atoms with E-state index in [1.54, 1.807) is 0 Å². The fourth-order valence-corrected chi connectivity index (χ4v) is 0.956. The van der Waals surface area contributed by atoms with Gasteiger partial charge in [-0.1, -0.05) is 25.5 Å². The minimum Gasteiger partial charge on any atom is -0.327 e. The van der Waals surface area contributed by atoms with Crippen molar-refractivity contribution in [3.8, 4) is 0 Å². The molecule has 0 aromatic heterocycles. The maximum atomic E-state index is 10.0. The highest BCUT2D eigenvalue weighted by atomic mass is 16.1. The molecule has 70 valence electrons. The van der Waals surface area contributed by atoms with Gasteiger partial charge in [0, 0.05) is 12.5 Å². The SMILES string of the molecule is CCC/C=C\C[C@@H](N)CCC=O. The van der Waals surface area contributed by atoms with E-state index in [1.165, 1.54) is 6.42 Å². The van der Waals surface area contributed by atoms with Crippen LogP contribution in [0.4, 0.5) is 0 Å². The fraction of sp³-hybridized carbons (Fsp3) is 0.700. The normalized spacial score (nSPS) is 13.5. The number of aldehydes is 1. The summed E-state index contributed by atoms with van der Waals surface area (Å²) in [6.07, 6.45) is 9.78. The van der Waals surface area contributed by atoms with Crippen molar-refractivity contribution < 1.29 is 4.79 Å². The quantitative estimate of drug-likeness (QED) is 0.468. The van der Waals surface area contributed by atoms with Gasteiger partial charge in [0.05, 0.1) is 0 Å².